The van der Waals surface area contributed by atoms with Gasteiger partial charge in [-0.1, -0.05) is 30.3 Å². The van der Waals surface area contributed by atoms with Gasteiger partial charge in [-0.25, -0.2) is 0 Å². The van der Waals surface area contributed by atoms with Gasteiger partial charge in [0, 0.05) is 44.9 Å². The number of amides is 2. The maximum atomic E-state index is 12.3. The first-order chi connectivity index (χ1) is 12.2. The standard InChI is InChI=1S/C20H23N3O2/c24-19(22-12-9-16-4-3-11-21-14-16)7-8-20(25)23-13-10-17-5-1-2-6-18(17)15-23/h1-6,11,14H,7-10,12-13,15H2,(H,22,24). The van der Waals surface area contributed by atoms with E-state index in [9.17, 15) is 9.59 Å². The first-order valence-electron chi connectivity index (χ1n) is 8.72. The molecule has 1 aliphatic heterocycles. The van der Waals surface area contributed by atoms with Crippen molar-refractivity contribution in [1.82, 2.24) is 15.2 Å². The van der Waals surface area contributed by atoms with Gasteiger partial charge in [0.2, 0.25) is 11.8 Å². The van der Waals surface area contributed by atoms with Crippen LogP contribution in [0.25, 0.3) is 0 Å². The van der Waals surface area contributed by atoms with E-state index in [1.807, 2.05) is 29.2 Å². The van der Waals surface area contributed by atoms with E-state index in [1.165, 1.54) is 11.1 Å². The van der Waals surface area contributed by atoms with Crippen LogP contribution >= 0.6 is 0 Å². The van der Waals surface area contributed by atoms with Crippen LogP contribution in [0, 0.1) is 0 Å². The number of hydrogen-bond acceptors (Lipinski definition) is 3. The predicted octanol–water partition coefficient (Wildman–Crippen LogP) is 2.11. The molecule has 5 nitrogen and oxygen atoms in total. The zero-order valence-electron chi connectivity index (χ0n) is 14.3. The Kier molecular flexibility index (Phi) is 5.77. The molecule has 0 atom stereocenters. The summed E-state index contributed by atoms with van der Waals surface area (Å²) in [7, 11) is 0. The number of hydrogen-bond donors (Lipinski definition) is 1. The van der Waals surface area contributed by atoms with Gasteiger partial charge in [-0.2, -0.15) is 0 Å². The fraction of sp³-hybridized carbons (Fsp3) is 0.350. The maximum absolute atomic E-state index is 12.3. The first-order valence-corrected chi connectivity index (χ1v) is 8.72. The highest BCUT2D eigenvalue weighted by atomic mass is 16.2. The average molecular weight is 337 g/mol. The molecule has 0 saturated heterocycles. The maximum Gasteiger partial charge on any atom is 0.223 e. The highest BCUT2D eigenvalue weighted by Crippen LogP contribution is 2.19. The number of benzene rings is 1. The van der Waals surface area contributed by atoms with Crippen LogP contribution < -0.4 is 5.32 Å². The molecule has 0 aliphatic carbocycles. The van der Waals surface area contributed by atoms with Gasteiger partial charge in [0.25, 0.3) is 0 Å². The monoisotopic (exact) mass is 337 g/mol. The third kappa shape index (κ3) is 4.89. The topological polar surface area (TPSA) is 62.3 Å². The lowest BCUT2D eigenvalue weighted by Crippen LogP contribution is -2.36. The van der Waals surface area contributed by atoms with E-state index in [2.05, 4.69) is 22.4 Å². The summed E-state index contributed by atoms with van der Waals surface area (Å²) in [5, 5.41) is 2.87. The number of pyridine rings is 1. The average Bonchev–Trinajstić information content (AvgIpc) is 2.66. The number of carbonyl (C=O) groups excluding carboxylic acids is 2. The fourth-order valence-corrected chi connectivity index (χ4v) is 3.07. The van der Waals surface area contributed by atoms with Gasteiger partial charge >= 0.3 is 0 Å². The SMILES string of the molecule is O=C(CCC(=O)N1CCc2ccccc2C1)NCCc1cccnc1. The quantitative estimate of drug-likeness (QED) is 0.878. The zero-order valence-corrected chi connectivity index (χ0v) is 14.3. The fourth-order valence-electron chi connectivity index (χ4n) is 3.07. The third-order valence-corrected chi connectivity index (χ3v) is 4.51. The normalized spacial score (nSPS) is 13.2. The molecule has 3 rings (SSSR count). The molecule has 1 aromatic heterocycles. The second-order valence-corrected chi connectivity index (χ2v) is 6.30. The van der Waals surface area contributed by atoms with E-state index in [-0.39, 0.29) is 24.7 Å². The smallest absolute Gasteiger partial charge is 0.223 e. The van der Waals surface area contributed by atoms with E-state index >= 15 is 0 Å². The van der Waals surface area contributed by atoms with Crippen LogP contribution in [0.5, 0.6) is 0 Å². The molecule has 2 heterocycles. The summed E-state index contributed by atoms with van der Waals surface area (Å²) in [4.78, 5) is 30.2. The molecule has 1 aromatic carbocycles. The lowest BCUT2D eigenvalue weighted by molar-refractivity contribution is -0.134. The van der Waals surface area contributed by atoms with Crippen LogP contribution in [0.15, 0.2) is 48.8 Å². The Morgan fingerprint density at radius 1 is 1.08 bits per heavy atom. The summed E-state index contributed by atoms with van der Waals surface area (Å²) in [5.41, 5.74) is 3.62. The molecular weight excluding hydrogens is 314 g/mol. The lowest BCUT2D eigenvalue weighted by Gasteiger charge is -2.28. The Balaban J connectivity index is 1.38. The Bertz CT molecular complexity index is 731. The highest BCUT2D eigenvalue weighted by molar-refractivity contribution is 5.83. The first kappa shape index (κ1) is 17.1. The van der Waals surface area contributed by atoms with Crippen LogP contribution in [0.1, 0.15) is 29.5 Å². The number of aromatic nitrogens is 1. The van der Waals surface area contributed by atoms with Gasteiger partial charge in [-0.3, -0.25) is 14.6 Å². The van der Waals surface area contributed by atoms with Crippen LogP contribution in [-0.4, -0.2) is 34.8 Å². The van der Waals surface area contributed by atoms with Gasteiger partial charge in [0.1, 0.15) is 0 Å². The minimum atomic E-state index is -0.0744. The van der Waals surface area contributed by atoms with Crippen LogP contribution in [-0.2, 0) is 29.0 Å². The van der Waals surface area contributed by atoms with Gasteiger partial charge in [-0.05, 0) is 35.6 Å². The van der Waals surface area contributed by atoms with E-state index in [0.29, 0.717) is 13.1 Å². The van der Waals surface area contributed by atoms with Crippen molar-refractivity contribution in [2.24, 2.45) is 0 Å². The molecule has 0 fully saturated rings. The molecule has 130 valence electrons. The zero-order chi connectivity index (χ0) is 17.5. The molecule has 1 aliphatic rings. The molecule has 1 N–H and O–H groups in total. The number of fused-ring (bicyclic) bond motifs is 1. The minimum Gasteiger partial charge on any atom is -0.356 e. The molecular formula is C20H23N3O2. The van der Waals surface area contributed by atoms with E-state index < -0.39 is 0 Å². The van der Waals surface area contributed by atoms with Gasteiger partial charge in [-0.15, -0.1) is 0 Å². The minimum absolute atomic E-state index is 0.0527. The summed E-state index contributed by atoms with van der Waals surface area (Å²) in [6.45, 7) is 1.95. The number of nitrogens with one attached hydrogen (secondary N) is 1. The lowest BCUT2D eigenvalue weighted by atomic mass is 9.99. The summed E-state index contributed by atoms with van der Waals surface area (Å²) >= 11 is 0. The Labute approximate surface area is 148 Å². The Hall–Kier alpha value is -2.69. The molecule has 0 spiro atoms. The number of nitrogens with zero attached hydrogens (tertiary/aromatic N) is 2. The second-order valence-electron chi connectivity index (χ2n) is 6.30. The molecule has 25 heavy (non-hydrogen) atoms. The van der Waals surface area contributed by atoms with Gasteiger partial charge in [0.05, 0.1) is 0 Å². The van der Waals surface area contributed by atoms with E-state index in [0.717, 1.165) is 24.9 Å². The summed E-state index contributed by atoms with van der Waals surface area (Å²) in [6.07, 6.45) is 5.66. The Morgan fingerprint density at radius 2 is 1.92 bits per heavy atom. The van der Waals surface area contributed by atoms with Crippen molar-refractivity contribution in [3.05, 3.63) is 65.5 Å². The van der Waals surface area contributed by atoms with Crippen molar-refractivity contribution in [3.8, 4) is 0 Å². The molecule has 2 aromatic rings. The molecule has 0 bridgehead atoms. The predicted molar refractivity (Wildman–Crippen MR) is 95.7 cm³/mol. The van der Waals surface area contributed by atoms with Crippen molar-refractivity contribution in [3.63, 3.8) is 0 Å². The van der Waals surface area contributed by atoms with Crippen LogP contribution in [0.3, 0.4) is 0 Å². The molecule has 5 heteroatoms. The van der Waals surface area contributed by atoms with Gasteiger partial charge in [0.15, 0.2) is 0 Å². The highest BCUT2D eigenvalue weighted by Gasteiger charge is 2.20. The van der Waals surface area contributed by atoms with Crippen molar-refractivity contribution in [2.75, 3.05) is 13.1 Å². The summed E-state index contributed by atoms with van der Waals surface area (Å²) < 4.78 is 0. The molecule has 2 amide bonds. The van der Waals surface area contributed by atoms with E-state index in [1.54, 1.807) is 12.4 Å². The van der Waals surface area contributed by atoms with Crippen molar-refractivity contribution >= 4 is 11.8 Å². The Morgan fingerprint density at radius 3 is 2.72 bits per heavy atom. The van der Waals surface area contributed by atoms with Gasteiger partial charge < -0.3 is 10.2 Å². The van der Waals surface area contributed by atoms with Crippen molar-refractivity contribution in [1.29, 1.82) is 0 Å². The number of rotatable bonds is 6. The van der Waals surface area contributed by atoms with Crippen molar-refractivity contribution < 1.29 is 9.59 Å². The largest absolute Gasteiger partial charge is 0.356 e. The van der Waals surface area contributed by atoms with Crippen LogP contribution in [0.4, 0.5) is 0 Å². The third-order valence-electron chi connectivity index (χ3n) is 4.51. The number of carbonyl (C=O) groups is 2. The van der Waals surface area contributed by atoms with Crippen molar-refractivity contribution in [2.45, 2.75) is 32.2 Å². The van der Waals surface area contributed by atoms with E-state index in [4.69, 9.17) is 0 Å². The molecule has 0 radical (unpaired) electrons. The molecule has 0 saturated carbocycles. The van der Waals surface area contributed by atoms with Crippen LogP contribution in [0.2, 0.25) is 0 Å². The summed E-state index contributed by atoms with van der Waals surface area (Å²) in [6, 6.07) is 12.1. The summed E-state index contributed by atoms with van der Waals surface area (Å²) in [5.74, 6) is -0.0217. The second kappa shape index (κ2) is 8.42. The molecule has 0 unspecified atom stereocenters.